The highest BCUT2D eigenvalue weighted by Crippen LogP contribution is 2.27. The van der Waals surface area contributed by atoms with Crippen molar-refractivity contribution in [2.24, 2.45) is 0 Å². The predicted octanol–water partition coefficient (Wildman–Crippen LogP) is 3.26. The van der Waals surface area contributed by atoms with Gasteiger partial charge in [-0.15, -0.1) is 0 Å². The molecule has 1 aromatic heterocycles. The molecule has 8 heteroatoms. The number of carbonyl (C=O) groups is 2. The number of hydrogen-bond donors (Lipinski definition) is 3. The Morgan fingerprint density at radius 1 is 1.00 bits per heavy atom. The second-order valence-corrected chi connectivity index (χ2v) is 6.79. The number of nitrogens with two attached hydrogens (primary N) is 1. The molecule has 0 radical (unpaired) electrons. The Kier molecular flexibility index (Phi) is 7.42. The van der Waals surface area contributed by atoms with Gasteiger partial charge in [0.1, 0.15) is 5.82 Å². The molecule has 0 aliphatic carbocycles. The second kappa shape index (κ2) is 10.6. The van der Waals surface area contributed by atoms with Gasteiger partial charge in [-0.05, 0) is 47.5 Å². The van der Waals surface area contributed by atoms with E-state index in [2.05, 4.69) is 15.6 Å². The Labute approximate surface area is 186 Å². The number of benzene rings is 2. The quantitative estimate of drug-likeness (QED) is 0.471. The molecule has 0 aliphatic rings. The molecule has 2 aromatic carbocycles. The number of hydrogen-bond acceptors (Lipinski definition) is 6. The summed E-state index contributed by atoms with van der Waals surface area (Å²) in [5.41, 5.74) is 8.35. The van der Waals surface area contributed by atoms with Gasteiger partial charge in [0.25, 0.3) is 5.91 Å². The van der Waals surface area contributed by atoms with Gasteiger partial charge in [-0.2, -0.15) is 0 Å². The van der Waals surface area contributed by atoms with Gasteiger partial charge in [-0.1, -0.05) is 18.2 Å². The minimum atomic E-state index is -0.260. The average molecular weight is 432 g/mol. The molecule has 0 fully saturated rings. The lowest BCUT2D eigenvalue weighted by molar-refractivity contribution is -0.116. The first kappa shape index (κ1) is 22.4. The summed E-state index contributed by atoms with van der Waals surface area (Å²) >= 11 is 0. The predicted molar refractivity (Wildman–Crippen MR) is 123 cm³/mol. The van der Waals surface area contributed by atoms with Crippen LogP contribution in [-0.4, -0.2) is 31.0 Å². The van der Waals surface area contributed by atoms with Crippen molar-refractivity contribution in [3.63, 3.8) is 0 Å². The number of methoxy groups -OCH3 is 2. The molecule has 0 spiro atoms. The van der Waals surface area contributed by atoms with Gasteiger partial charge in [-0.25, -0.2) is 4.98 Å². The van der Waals surface area contributed by atoms with E-state index in [0.29, 0.717) is 35.1 Å². The maximum Gasteiger partial charge on any atom is 0.255 e. The van der Waals surface area contributed by atoms with E-state index in [1.165, 1.54) is 12.3 Å². The van der Waals surface area contributed by atoms with E-state index in [-0.39, 0.29) is 11.8 Å². The summed E-state index contributed by atoms with van der Waals surface area (Å²) in [4.78, 5) is 28.4. The molecule has 0 unspecified atom stereocenters. The molecule has 0 aliphatic heterocycles. The van der Waals surface area contributed by atoms with E-state index in [0.717, 1.165) is 11.1 Å². The van der Waals surface area contributed by atoms with E-state index in [1.54, 1.807) is 68.8 Å². The van der Waals surface area contributed by atoms with Crippen LogP contribution in [0, 0.1) is 0 Å². The molecule has 164 valence electrons. The molecular weight excluding hydrogens is 408 g/mol. The summed E-state index contributed by atoms with van der Waals surface area (Å²) < 4.78 is 10.5. The molecule has 4 N–H and O–H groups in total. The van der Waals surface area contributed by atoms with Crippen LogP contribution in [0.3, 0.4) is 0 Å². The molecule has 2 amide bonds. The maximum absolute atomic E-state index is 12.3. The number of aromatic nitrogens is 1. The van der Waals surface area contributed by atoms with Crippen molar-refractivity contribution in [2.45, 2.75) is 6.54 Å². The first-order valence-corrected chi connectivity index (χ1v) is 9.78. The number of nitrogens with zero attached hydrogens (tertiary/aromatic N) is 1. The Balaban J connectivity index is 1.53. The summed E-state index contributed by atoms with van der Waals surface area (Å²) in [6, 6.07) is 15.6. The van der Waals surface area contributed by atoms with Crippen molar-refractivity contribution in [1.82, 2.24) is 10.3 Å². The molecular formula is C24H24N4O4. The van der Waals surface area contributed by atoms with Gasteiger partial charge in [0.05, 0.1) is 14.2 Å². The van der Waals surface area contributed by atoms with Gasteiger partial charge >= 0.3 is 0 Å². The molecule has 0 saturated carbocycles. The van der Waals surface area contributed by atoms with E-state index in [4.69, 9.17) is 15.2 Å². The lowest BCUT2D eigenvalue weighted by atomic mass is 10.1. The van der Waals surface area contributed by atoms with Crippen LogP contribution in [0.2, 0.25) is 0 Å². The van der Waals surface area contributed by atoms with Crippen molar-refractivity contribution in [3.8, 4) is 11.5 Å². The standard InChI is InChI=1S/C24H24N4O4/c1-31-20-9-5-16(13-21(20)32-2)6-10-23(29)27-15-17-3-7-18(8-4-17)24(30)28-19-11-12-26-22(25)14-19/h3-14H,15H2,1-2H3,(H,27,29)(H3,25,26,28,30). The van der Waals surface area contributed by atoms with Crippen molar-refractivity contribution < 1.29 is 19.1 Å². The summed E-state index contributed by atoms with van der Waals surface area (Å²) in [5.74, 6) is 1.04. The van der Waals surface area contributed by atoms with E-state index in [1.807, 2.05) is 6.07 Å². The molecule has 32 heavy (non-hydrogen) atoms. The third kappa shape index (κ3) is 6.09. The fraction of sp³-hybridized carbons (Fsp3) is 0.125. The van der Waals surface area contributed by atoms with Crippen LogP contribution in [-0.2, 0) is 11.3 Å². The first-order valence-electron chi connectivity index (χ1n) is 9.78. The van der Waals surface area contributed by atoms with Gasteiger partial charge in [0, 0.05) is 36.1 Å². The van der Waals surface area contributed by atoms with Gasteiger partial charge in [0.15, 0.2) is 11.5 Å². The third-order valence-electron chi connectivity index (χ3n) is 4.56. The summed E-state index contributed by atoms with van der Waals surface area (Å²) in [6.07, 6.45) is 4.66. The largest absolute Gasteiger partial charge is 0.493 e. The summed E-state index contributed by atoms with van der Waals surface area (Å²) in [6.45, 7) is 0.331. The highest BCUT2D eigenvalue weighted by atomic mass is 16.5. The van der Waals surface area contributed by atoms with E-state index < -0.39 is 0 Å². The fourth-order valence-electron chi connectivity index (χ4n) is 2.88. The molecule has 0 atom stereocenters. The molecule has 0 saturated heterocycles. The van der Waals surface area contributed by atoms with Crippen LogP contribution < -0.4 is 25.8 Å². The van der Waals surface area contributed by atoms with Crippen LogP contribution in [0.5, 0.6) is 11.5 Å². The molecule has 3 rings (SSSR count). The monoisotopic (exact) mass is 432 g/mol. The molecule has 8 nitrogen and oxygen atoms in total. The van der Waals surface area contributed by atoms with Crippen molar-refractivity contribution >= 4 is 29.4 Å². The molecule has 0 bridgehead atoms. The lowest BCUT2D eigenvalue weighted by Crippen LogP contribution is -2.20. The van der Waals surface area contributed by atoms with Crippen molar-refractivity contribution in [2.75, 3.05) is 25.3 Å². The number of rotatable bonds is 8. The topological polar surface area (TPSA) is 116 Å². The average Bonchev–Trinajstić information content (AvgIpc) is 2.81. The molecule has 3 aromatic rings. The fourth-order valence-corrected chi connectivity index (χ4v) is 2.88. The Bertz CT molecular complexity index is 1130. The number of nitrogen functional groups attached to an aromatic ring is 1. The SMILES string of the molecule is COc1ccc(C=CC(=O)NCc2ccc(C(=O)Nc3ccnc(N)c3)cc2)cc1OC. The van der Waals surface area contributed by atoms with Crippen LogP contribution >= 0.6 is 0 Å². The first-order chi connectivity index (χ1) is 15.5. The van der Waals surface area contributed by atoms with Gasteiger partial charge in [0.2, 0.25) is 5.91 Å². The normalized spacial score (nSPS) is 10.6. The number of pyridine rings is 1. The third-order valence-corrected chi connectivity index (χ3v) is 4.56. The van der Waals surface area contributed by atoms with Crippen molar-refractivity contribution in [1.29, 1.82) is 0 Å². The van der Waals surface area contributed by atoms with Gasteiger partial charge < -0.3 is 25.8 Å². The van der Waals surface area contributed by atoms with Crippen LogP contribution in [0.25, 0.3) is 6.08 Å². The number of carbonyl (C=O) groups excluding carboxylic acids is 2. The second-order valence-electron chi connectivity index (χ2n) is 6.79. The zero-order chi connectivity index (χ0) is 22.9. The summed E-state index contributed by atoms with van der Waals surface area (Å²) in [7, 11) is 3.12. The summed E-state index contributed by atoms with van der Waals surface area (Å²) in [5, 5.41) is 5.57. The Morgan fingerprint density at radius 3 is 2.44 bits per heavy atom. The lowest BCUT2D eigenvalue weighted by Gasteiger charge is -2.08. The highest BCUT2D eigenvalue weighted by Gasteiger charge is 2.07. The minimum Gasteiger partial charge on any atom is -0.493 e. The number of ether oxygens (including phenoxy) is 2. The van der Waals surface area contributed by atoms with Crippen molar-refractivity contribution in [3.05, 3.63) is 83.6 Å². The van der Waals surface area contributed by atoms with E-state index >= 15 is 0 Å². The van der Waals surface area contributed by atoms with Gasteiger partial charge in [-0.3, -0.25) is 9.59 Å². The van der Waals surface area contributed by atoms with Crippen LogP contribution in [0.1, 0.15) is 21.5 Å². The Hall–Kier alpha value is -4.33. The van der Waals surface area contributed by atoms with Crippen LogP contribution in [0.4, 0.5) is 11.5 Å². The zero-order valence-corrected chi connectivity index (χ0v) is 17.8. The van der Waals surface area contributed by atoms with E-state index in [9.17, 15) is 9.59 Å². The number of amides is 2. The maximum atomic E-state index is 12.3. The zero-order valence-electron chi connectivity index (χ0n) is 17.8. The minimum absolute atomic E-state index is 0.239. The highest BCUT2D eigenvalue weighted by molar-refractivity contribution is 6.04. The number of anilines is 2. The molecule has 1 heterocycles. The Morgan fingerprint density at radius 2 is 1.75 bits per heavy atom. The van der Waals surface area contributed by atoms with Crippen LogP contribution in [0.15, 0.2) is 66.9 Å². The number of nitrogens with one attached hydrogen (secondary N) is 2. The smallest absolute Gasteiger partial charge is 0.255 e.